The molecule has 2 heterocycles. The molecule has 4 N–H and O–H groups in total. The minimum Gasteiger partial charge on any atom is -0.508 e. The zero-order valence-electron chi connectivity index (χ0n) is 20.5. The number of allylic oxidation sites excluding steroid dienone is 3. The lowest BCUT2D eigenvalue weighted by Crippen LogP contribution is -2.39. The molecule has 0 radical (unpaired) electrons. The number of nitrogens with one attached hydrogen (secondary N) is 1. The Morgan fingerprint density at radius 3 is 2.57 bits per heavy atom. The number of amides is 1. The molecule has 0 unspecified atom stereocenters. The molecule has 1 saturated heterocycles. The van der Waals surface area contributed by atoms with Gasteiger partial charge in [0.1, 0.15) is 17.1 Å². The third-order valence-corrected chi connectivity index (χ3v) is 6.06. The van der Waals surface area contributed by atoms with Gasteiger partial charge >= 0.3 is 13.6 Å². The van der Waals surface area contributed by atoms with Crippen LogP contribution in [0, 0.1) is 0 Å². The Morgan fingerprint density at radius 1 is 1.08 bits per heavy atom. The summed E-state index contributed by atoms with van der Waals surface area (Å²) in [6.07, 6.45) is 12.9. The fourth-order valence-electron chi connectivity index (χ4n) is 3.85. The topological polar surface area (TPSA) is 155 Å². The van der Waals surface area contributed by atoms with Crippen molar-refractivity contribution in [2.24, 2.45) is 0 Å². The van der Waals surface area contributed by atoms with Gasteiger partial charge in [-0.1, -0.05) is 18.2 Å². The number of hydroxylamine groups is 1. The molecule has 3 rings (SSSR count). The highest BCUT2D eigenvalue weighted by atomic mass is 31.2. The number of phenols is 1. The van der Waals surface area contributed by atoms with Crippen molar-refractivity contribution < 1.29 is 43.4 Å². The number of carbonyl (C=O) groups is 2. The van der Waals surface area contributed by atoms with Crippen molar-refractivity contribution in [2.75, 3.05) is 32.7 Å². The molecule has 11 nitrogen and oxygen atoms in total. The lowest BCUT2D eigenvalue weighted by Gasteiger charge is -2.26. The Labute approximate surface area is 215 Å². The van der Waals surface area contributed by atoms with Gasteiger partial charge in [-0.25, -0.2) is 4.79 Å². The SMILES string of the molecule is O=C1OCCC=CCC/C=C/C(NOCC(=O)N2CCCCC2)=C/c2cc(O)cc(OCP(=O)(O)O)c21. The van der Waals surface area contributed by atoms with E-state index < -0.39 is 19.9 Å². The Kier molecular flexibility index (Phi) is 10.8. The van der Waals surface area contributed by atoms with Crippen LogP contribution in [0.25, 0.3) is 6.08 Å². The summed E-state index contributed by atoms with van der Waals surface area (Å²) in [5.74, 6) is -1.47. The van der Waals surface area contributed by atoms with Crippen molar-refractivity contribution in [2.45, 2.75) is 38.5 Å². The quantitative estimate of drug-likeness (QED) is 0.177. The smallest absolute Gasteiger partial charge is 0.362 e. The first-order valence-corrected chi connectivity index (χ1v) is 13.9. The number of aromatic hydroxyl groups is 1. The number of cyclic esters (lactones) is 1. The summed E-state index contributed by atoms with van der Waals surface area (Å²) in [7, 11) is -4.57. The highest BCUT2D eigenvalue weighted by Crippen LogP contribution is 2.37. The number of benzene rings is 1. The number of phenolic OH excluding ortho intramolecular Hbond substituents is 1. The Morgan fingerprint density at radius 2 is 1.81 bits per heavy atom. The number of hydrogen-bond donors (Lipinski definition) is 4. The van der Waals surface area contributed by atoms with Gasteiger partial charge in [0, 0.05) is 19.2 Å². The first-order chi connectivity index (χ1) is 17.7. The average Bonchev–Trinajstić information content (AvgIpc) is 2.85. The van der Waals surface area contributed by atoms with Crippen molar-refractivity contribution in [3.05, 3.63) is 53.3 Å². The van der Waals surface area contributed by atoms with Crippen LogP contribution in [0.5, 0.6) is 11.5 Å². The molecular formula is C25H33N2O9P. The normalized spacial score (nSPS) is 19.6. The molecule has 12 heteroatoms. The summed E-state index contributed by atoms with van der Waals surface area (Å²) in [6, 6.07) is 2.38. The van der Waals surface area contributed by atoms with Crippen molar-refractivity contribution in [3.63, 3.8) is 0 Å². The van der Waals surface area contributed by atoms with E-state index in [4.69, 9.17) is 14.3 Å². The predicted octanol–water partition coefficient (Wildman–Crippen LogP) is 3.23. The van der Waals surface area contributed by atoms with Crippen LogP contribution in [-0.2, 0) is 18.9 Å². The molecule has 1 amide bonds. The molecule has 0 bridgehead atoms. The zero-order valence-corrected chi connectivity index (χ0v) is 21.4. The molecule has 2 aliphatic rings. The first kappa shape index (κ1) is 28.5. The molecule has 0 spiro atoms. The van der Waals surface area contributed by atoms with Crippen LogP contribution in [0.3, 0.4) is 0 Å². The van der Waals surface area contributed by atoms with E-state index in [2.05, 4.69) is 5.48 Å². The molecule has 0 saturated carbocycles. The third kappa shape index (κ3) is 9.70. The van der Waals surface area contributed by atoms with Gasteiger partial charge in [0.25, 0.3) is 5.91 Å². The van der Waals surface area contributed by atoms with Gasteiger partial charge in [-0.15, -0.1) is 0 Å². The number of likely N-dealkylation sites (tertiary alicyclic amines) is 1. The maximum absolute atomic E-state index is 13.0. The summed E-state index contributed by atoms with van der Waals surface area (Å²) in [4.78, 5) is 51.1. The molecular weight excluding hydrogens is 503 g/mol. The molecule has 1 aromatic carbocycles. The Hall–Kier alpha value is -3.11. The van der Waals surface area contributed by atoms with Gasteiger partial charge in [-0.05, 0) is 62.3 Å². The summed E-state index contributed by atoms with van der Waals surface area (Å²) in [6.45, 7) is 1.29. The predicted molar refractivity (Wildman–Crippen MR) is 136 cm³/mol. The van der Waals surface area contributed by atoms with E-state index in [9.17, 15) is 29.0 Å². The van der Waals surface area contributed by atoms with Crippen LogP contribution in [-0.4, -0.2) is 64.3 Å². The average molecular weight is 537 g/mol. The monoisotopic (exact) mass is 536 g/mol. The van der Waals surface area contributed by atoms with E-state index in [-0.39, 0.29) is 41.7 Å². The van der Waals surface area contributed by atoms with Crippen LogP contribution in [0.15, 0.2) is 42.1 Å². The zero-order chi connectivity index (χ0) is 26.7. The molecule has 0 aromatic heterocycles. The number of carbonyl (C=O) groups excluding carboxylic acids is 2. The van der Waals surface area contributed by atoms with Gasteiger partial charge in [0.05, 0.1) is 12.3 Å². The number of rotatable bonds is 7. The molecule has 37 heavy (non-hydrogen) atoms. The van der Waals surface area contributed by atoms with Crippen molar-refractivity contribution >= 4 is 25.5 Å². The second-order valence-corrected chi connectivity index (χ2v) is 10.2. The minimum atomic E-state index is -4.57. The lowest BCUT2D eigenvalue weighted by atomic mass is 10.0. The van der Waals surface area contributed by atoms with Crippen LogP contribution in [0.1, 0.15) is 54.4 Å². The van der Waals surface area contributed by atoms with Crippen LogP contribution in [0.4, 0.5) is 0 Å². The van der Waals surface area contributed by atoms with Gasteiger partial charge < -0.3 is 29.3 Å². The van der Waals surface area contributed by atoms with Crippen LogP contribution < -0.4 is 10.2 Å². The van der Waals surface area contributed by atoms with Crippen molar-refractivity contribution in [3.8, 4) is 11.5 Å². The first-order valence-electron chi connectivity index (χ1n) is 12.1. The van der Waals surface area contributed by atoms with Gasteiger partial charge in [-0.2, -0.15) is 0 Å². The van der Waals surface area contributed by atoms with E-state index in [0.29, 0.717) is 31.6 Å². The second kappa shape index (κ2) is 14.0. The van der Waals surface area contributed by atoms with Crippen molar-refractivity contribution in [1.29, 1.82) is 0 Å². The minimum absolute atomic E-state index is 0.0833. The van der Waals surface area contributed by atoms with Gasteiger partial charge in [-0.3, -0.25) is 19.7 Å². The molecule has 0 aliphatic carbocycles. The highest BCUT2D eigenvalue weighted by Gasteiger charge is 2.23. The second-order valence-electron chi connectivity index (χ2n) is 8.65. The largest absolute Gasteiger partial charge is 0.508 e. The number of piperidine rings is 1. The maximum Gasteiger partial charge on any atom is 0.362 e. The number of ether oxygens (including phenoxy) is 2. The summed E-state index contributed by atoms with van der Waals surface area (Å²) in [5.41, 5.74) is 3.14. The lowest BCUT2D eigenvalue weighted by molar-refractivity contribution is -0.139. The Balaban J connectivity index is 1.90. The molecule has 0 atom stereocenters. The van der Waals surface area contributed by atoms with Gasteiger partial charge in [0.15, 0.2) is 13.0 Å². The van der Waals surface area contributed by atoms with E-state index in [1.54, 1.807) is 11.0 Å². The number of esters is 1. The van der Waals surface area contributed by atoms with E-state index in [0.717, 1.165) is 31.7 Å². The molecule has 1 fully saturated rings. The van der Waals surface area contributed by atoms with Crippen LogP contribution in [0.2, 0.25) is 0 Å². The fraction of sp³-hybridized carbons (Fsp3) is 0.440. The van der Waals surface area contributed by atoms with E-state index in [1.165, 1.54) is 12.1 Å². The highest BCUT2D eigenvalue weighted by molar-refractivity contribution is 7.51. The number of fused-ring (bicyclic) bond motifs is 1. The molecule has 202 valence electrons. The van der Waals surface area contributed by atoms with Gasteiger partial charge in [0.2, 0.25) is 0 Å². The fourth-order valence-corrected chi connectivity index (χ4v) is 4.15. The molecule has 2 aliphatic heterocycles. The standard InChI is InChI=1S/C25H33N2O9P/c28-21-15-19-14-20(26-36-17-23(29)27-11-7-5-8-12-27)10-6-3-1-2-4-9-13-34-25(30)24(19)22(16-21)35-18-37(31,32)33/h2,4,6,10,14-16,26,28H,1,3,5,7-9,11-13,17-18H2,(H2,31,32,33)/b4-2?,10-6+,20-14-. The van der Waals surface area contributed by atoms with E-state index in [1.807, 2.05) is 18.2 Å². The molecule has 1 aromatic rings. The summed E-state index contributed by atoms with van der Waals surface area (Å²) in [5, 5.41) is 10.3. The summed E-state index contributed by atoms with van der Waals surface area (Å²) >= 11 is 0. The van der Waals surface area contributed by atoms with E-state index >= 15 is 0 Å². The number of hydrogen-bond acceptors (Lipinski definition) is 8. The number of nitrogens with zero attached hydrogens (tertiary/aromatic N) is 1. The summed E-state index contributed by atoms with van der Waals surface area (Å²) < 4.78 is 21.9. The Bertz CT molecular complexity index is 1090. The third-order valence-electron chi connectivity index (χ3n) is 5.60. The van der Waals surface area contributed by atoms with Crippen LogP contribution >= 0.6 is 7.60 Å². The van der Waals surface area contributed by atoms with Crippen molar-refractivity contribution in [1.82, 2.24) is 10.4 Å². The maximum atomic E-state index is 13.0.